The lowest BCUT2D eigenvalue weighted by molar-refractivity contribution is -0.181. The second-order valence-electron chi connectivity index (χ2n) is 12.0. The minimum Gasteiger partial charge on any atom is -0.507 e. The third kappa shape index (κ3) is 5.20. The van der Waals surface area contributed by atoms with Crippen molar-refractivity contribution in [3.8, 4) is 22.6 Å². The molecule has 6 atom stereocenters. The Morgan fingerprint density at radius 1 is 1.11 bits per heavy atom. The summed E-state index contributed by atoms with van der Waals surface area (Å²) in [6.45, 7) is -1.34. The van der Waals surface area contributed by atoms with Gasteiger partial charge in [0.15, 0.2) is 34.7 Å². The van der Waals surface area contributed by atoms with Crippen molar-refractivity contribution < 1.29 is 52.1 Å². The van der Waals surface area contributed by atoms with Crippen LogP contribution in [0.2, 0.25) is 0 Å². The number of amides is 1. The van der Waals surface area contributed by atoms with Crippen molar-refractivity contribution in [3.05, 3.63) is 47.0 Å². The van der Waals surface area contributed by atoms with Crippen molar-refractivity contribution in [2.75, 3.05) is 27.7 Å². The van der Waals surface area contributed by atoms with Gasteiger partial charge in [0.25, 0.3) is 0 Å². The van der Waals surface area contributed by atoms with Crippen LogP contribution >= 0.6 is 0 Å². The van der Waals surface area contributed by atoms with Crippen LogP contribution in [0.5, 0.6) is 11.5 Å². The second-order valence-corrected chi connectivity index (χ2v) is 12.0. The van der Waals surface area contributed by atoms with Crippen molar-refractivity contribution in [2.45, 2.75) is 37.2 Å². The summed E-state index contributed by atoms with van der Waals surface area (Å²) < 4.78 is 43.6. The molecule has 2 saturated carbocycles. The molecule has 3 aliphatic carbocycles. The molecule has 5 rings (SSSR count). The summed E-state index contributed by atoms with van der Waals surface area (Å²) in [4.78, 5) is 68.3. The van der Waals surface area contributed by atoms with Gasteiger partial charge >= 0.3 is 6.18 Å². The Balaban J connectivity index is 1.60. The smallest absolute Gasteiger partial charge is 0.401 e. The highest BCUT2D eigenvalue weighted by molar-refractivity contribution is 6.32. The number of aromatic hydroxyl groups is 1. The maximum atomic E-state index is 14.0. The summed E-state index contributed by atoms with van der Waals surface area (Å²) in [7, 11) is 4.38. The predicted octanol–water partition coefficient (Wildman–Crippen LogP) is 1.19. The largest absolute Gasteiger partial charge is 0.507 e. The molecule has 0 radical (unpaired) electrons. The number of phenols is 1. The Bertz CT molecular complexity index is 1620. The van der Waals surface area contributed by atoms with E-state index in [-0.39, 0.29) is 24.9 Å². The number of nitrogens with one attached hydrogen (secondary N) is 1. The SMILES string of the molecule is COc1ccc(CNCC(F)(F)F)cc1-c1ccc(O)c2c1CC1CC3C(N(C)C)C(=O)C(C(N)=O)C(=O)C3(O)C(=O)C1C2=O. The molecule has 0 heterocycles. The number of halogens is 3. The van der Waals surface area contributed by atoms with E-state index in [1.807, 2.05) is 0 Å². The molecule has 0 saturated heterocycles. The van der Waals surface area contributed by atoms with Crippen molar-refractivity contribution in [3.63, 3.8) is 0 Å². The standard InChI is InChI=1S/C31H32F3N3O8/c1-37(2)24-18-10-14-9-17-15(16-8-13(4-7-20(16)45-3)11-36-12-30(32,33)34)5-6-19(38)22(17)25(39)21(14)27(41)31(18,44)28(42)23(26(24)40)29(35)43/h4-8,14,18,21,23-24,36,38,44H,9-12H2,1-3H3,(H2,35,43). The number of carbonyl (C=O) groups excluding carboxylic acids is 5. The van der Waals surface area contributed by atoms with Gasteiger partial charge in [0.05, 0.1) is 31.2 Å². The number of alkyl halides is 3. The second kappa shape index (κ2) is 11.3. The van der Waals surface area contributed by atoms with Crippen LogP contribution in [0.15, 0.2) is 30.3 Å². The highest BCUT2D eigenvalue weighted by Crippen LogP contribution is 2.52. The Hall–Kier alpha value is -4.14. The van der Waals surface area contributed by atoms with Gasteiger partial charge in [-0.05, 0) is 67.7 Å². The van der Waals surface area contributed by atoms with Crippen LogP contribution in [0.25, 0.3) is 11.1 Å². The maximum Gasteiger partial charge on any atom is 0.401 e. The first-order valence-electron chi connectivity index (χ1n) is 14.2. The number of Topliss-reactive ketones (excluding diaryl/α,β-unsaturated/α-hetero) is 4. The van der Waals surface area contributed by atoms with E-state index in [0.29, 0.717) is 28.0 Å². The molecule has 6 unspecified atom stereocenters. The Kier molecular flexibility index (Phi) is 8.13. The fourth-order valence-electron chi connectivity index (χ4n) is 7.28. The number of ether oxygens (including phenoxy) is 1. The predicted molar refractivity (Wildman–Crippen MR) is 151 cm³/mol. The number of methoxy groups -OCH3 is 1. The van der Waals surface area contributed by atoms with Crippen molar-refractivity contribution in [2.24, 2.45) is 29.4 Å². The van der Waals surface area contributed by atoms with Crippen molar-refractivity contribution in [1.82, 2.24) is 10.2 Å². The lowest BCUT2D eigenvalue weighted by Gasteiger charge is -2.52. The molecule has 0 aromatic heterocycles. The molecular weight excluding hydrogens is 599 g/mol. The zero-order valence-electron chi connectivity index (χ0n) is 24.6. The van der Waals surface area contributed by atoms with Gasteiger partial charge in [-0.2, -0.15) is 13.2 Å². The van der Waals surface area contributed by atoms with Crippen molar-refractivity contribution >= 4 is 29.0 Å². The molecule has 240 valence electrons. The number of nitrogens with zero attached hydrogens (tertiary/aromatic N) is 1. The Labute approximate surface area is 255 Å². The van der Waals surface area contributed by atoms with E-state index in [4.69, 9.17) is 10.5 Å². The Morgan fingerprint density at radius 3 is 2.40 bits per heavy atom. The van der Waals surface area contributed by atoms with Gasteiger partial charge in [-0.25, -0.2) is 0 Å². The van der Waals surface area contributed by atoms with E-state index in [0.717, 1.165) is 0 Å². The molecule has 2 aromatic carbocycles. The number of likely N-dealkylation sites (N-methyl/N-ethyl adjacent to an activating group) is 1. The van der Waals surface area contributed by atoms with E-state index in [1.165, 1.54) is 38.2 Å². The molecule has 11 nitrogen and oxygen atoms in total. The number of phenolic OH excluding ortho intramolecular Hbond substituents is 1. The number of hydrogen-bond acceptors (Lipinski definition) is 10. The quantitative estimate of drug-likeness (QED) is 0.325. The zero-order valence-corrected chi connectivity index (χ0v) is 24.6. The highest BCUT2D eigenvalue weighted by atomic mass is 19.4. The Morgan fingerprint density at radius 2 is 1.80 bits per heavy atom. The van der Waals surface area contributed by atoms with Gasteiger partial charge in [-0.15, -0.1) is 0 Å². The molecule has 2 aromatic rings. The van der Waals surface area contributed by atoms with E-state index >= 15 is 0 Å². The number of fused-ring (bicyclic) bond motifs is 3. The van der Waals surface area contributed by atoms with E-state index in [2.05, 4.69) is 5.32 Å². The molecule has 45 heavy (non-hydrogen) atoms. The highest BCUT2D eigenvalue weighted by Gasteiger charge is 2.69. The number of aliphatic hydroxyl groups is 1. The van der Waals surface area contributed by atoms with E-state index in [9.17, 15) is 47.4 Å². The van der Waals surface area contributed by atoms with Crippen LogP contribution in [0.1, 0.15) is 27.9 Å². The van der Waals surface area contributed by atoms with E-state index < -0.39 is 82.8 Å². The average molecular weight is 632 g/mol. The van der Waals surface area contributed by atoms with Crippen LogP contribution in [0.3, 0.4) is 0 Å². The monoisotopic (exact) mass is 631 g/mol. The van der Waals surface area contributed by atoms with Crippen molar-refractivity contribution in [1.29, 1.82) is 0 Å². The number of rotatable bonds is 7. The summed E-state index contributed by atoms with van der Waals surface area (Å²) in [5.74, 6) is -11.4. The van der Waals surface area contributed by atoms with Gasteiger partial charge in [-0.1, -0.05) is 12.1 Å². The summed E-state index contributed by atoms with van der Waals surface area (Å²) in [5, 5.41) is 24.9. The van der Waals surface area contributed by atoms with Gasteiger partial charge < -0.3 is 26.0 Å². The molecule has 14 heteroatoms. The molecule has 0 spiro atoms. The minimum absolute atomic E-state index is 0.00920. The maximum absolute atomic E-state index is 14.0. The first-order valence-corrected chi connectivity index (χ1v) is 14.2. The number of ketones is 4. The molecule has 5 N–H and O–H groups in total. The van der Waals surface area contributed by atoms with Crippen LogP contribution in [0.4, 0.5) is 13.2 Å². The van der Waals surface area contributed by atoms with E-state index in [1.54, 1.807) is 18.2 Å². The third-order valence-corrected chi connectivity index (χ3v) is 9.15. The summed E-state index contributed by atoms with van der Waals surface area (Å²) in [6.07, 6.45) is -4.53. The third-order valence-electron chi connectivity index (χ3n) is 9.15. The van der Waals surface area contributed by atoms with Gasteiger partial charge in [0.2, 0.25) is 5.91 Å². The van der Waals surface area contributed by atoms with Gasteiger partial charge in [-0.3, -0.25) is 28.9 Å². The molecule has 0 aliphatic heterocycles. The van der Waals surface area contributed by atoms with Gasteiger partial charge in [0, 0.05) is 18.0 Å². The van der Waals surface area contributed by atoms with Crippen LogP contribution in [-0.4, -0.2) is 89.7 Å². The van der Waals surface area contributed by atoms with Gasteiger partial charge in [0.1, 0.15) is 11.5 Å². The number of nitrogens with two attached hydrogens (primary N) is 1. The topological polar surface area (TPSA) is 176 Å². The fraction of sp³-hybridized carbons (Fsp3) is 0.452. The number of hydrogen-bond donors (Lipinski definition) is 4. The molecule has 0 bridgehead atoms. The zero-order chi connectivity index (χ0) is 33.2. The summed E-state index contributed by atoms with van der Waals surface area (Å²) in [6, 6.07) is 6.27. The van der Waals surface area contributed by atoms with Crippen LogP contribution in [0, 0.1) is 23.7 Å². The first kappa shape index (κ1) is 32.3. The molecule has 3 aliphatic rings. The molecule has 1 amide bonds. The summed E-state index contributed by atoms with van der Waals surface area (Å²) >= 11 is 0. The number of carbonyl (C=O) groups is 5. The van der Waals surface area contributed by atoms with Crippen LogP contribution in [-0.2, 0) is 32.1 Å². The lowest BCUT2D eigenvalue weighted by atomic mass is 9.52. The van der Waals surface area contributed by atoms with Crippen LogP contribution < -0.4 is 15.8 Å². The minimum atomic E-state index is -4.41. The number of benzene rings is 2. The summed E-state index contributed by atoms with van der Waals surface area (Å²) in [5.41, 5.74) is 3.95. The normalized spacial score (nSPS) is 28.0. The average Bonchev–Trinajstić information content (AvgIpc) is 2.94. The fourth-order valence-corrected chi connectivity index (χ4v) is 7.28. The lowest BCUT2D eigenvalue weighted by Crippen LogP contribution is -2.74. The number of primary amides is 1. The first-order chi connectivity index (χ1) is 21.0. The molecule has 2 fully saturated rings. The molecular formula is C31H32F3N3O8.